The zero-order valence-electron chi connectivity index (χ0n) is 13.8. The van der Waals surface area contributed by atoms with Crippen LogP contribution in [0, 0.1) is 0 Å². The van der Waals surface area contributed by atoms with Gasteiger partial charge in [0.15, 0.2) is 0 Å². The van der Waals surface area contributed by atoms with Crippen LogP contribution in [0.2, 0.25) is 0 Å². The van der Waals surface area contributed by atoms with Gasteiger partial charge >= 0.3 is 0 Å². The molecule has 1 aliphatic rings. The molecule has 0 atom stereocenters. The summed E-state index contributed by atoms with van der Waals surface area (Å²) in [6, 6.07) is 7.43. The van der Waals surface area contributed by atoms with Gasteiger partial charge in [0.1, 0.15) is 18.0 Å². The third-order valence-corrected chi connectivity index (χ3v) is 3.54. The zero-order valence-corrected chi connectivity index (χ0v) is 13.8. The van der Waals surface area contributed by atoms with Crippen molar-refractivity contribution in [3.63, 3.8) is 0 Å². The van der Waals surface area contributed by atoms with Crippen LogP contribution in [-0.2, 0) is 20.0 Å². The van der Waals surface area contributed by atoms with E-state index in [1.165, 1.54) is 0 Å². The fourth-order valence-electron chi connectivity index (χ4n) is 2.50. The molecular formula is C17H26O5. The first-order valence-electron chi connectivity index (χ1n) is 7.70. The molecule has 0 bridgehead atoms. The number of rotatable bonds is 7. The summed E-state index contributed by atoms with van der Waals surface area (Å²) in [6.07, 6.45) is 0.203. The Kier molecular flexibility index (Phi) is 5.45. The molecule has 0 unspecified atom stereocenters. The Labute approximate surface area is 132 Å². The molecule has 5 nitrogen and oxygen atoms in total. The van der Waals surface area contributed by atoms with Crippen molar-refractivity contribution in [2.24, 2.45) is 0 Å². The fourth-order valence-corrected chi connectivity index (χ4v) is 2.50. The maximum Gasteiger partial charge on any atom is 0.224 e. The molecule has 1 N–H and O–H groups in total. The van der Waals surface area contributed by atoms with E-state index in [-0.39, 0.29) is 6.10 Å². The van der Waals surface area contributed by atoms with Crippen molar-refractivity contribution in [1.82, 2.24) is 0 Å². The molecule has 0 aromatic heterocycles. The molecule has 0 aliphatic carbocycles. The second-order valence-corrected chi connectivity index (χ2v) is 6.16. The van der Waals surface area contributed by atoms with Crippen molar-refractivity contribution in [1.29, 1.82) is 0 Å². The van der Waals surface area contributed by atoms with Gasteiger partial charge in [-0.05, 0) is 52.0 Å². The van der Waals surface area contributed by atoms with Crippen molar-refractivity contribution >= 4 is 0 Å². The summed E-state index contributed by atoms with van der Waals surface area (Å²) in [5.41, 5.74) is -0.361. The highest BCUT2D eigenvalue weighted by molar-refractivity contribution is 5.32. The van der Waals surface area contributed by atoms with E-state index in [4.69, 9.17) is 18.9 Å². The molecule has 1 heterocycles. The predicted molar refractivity (Wildman–Crippen MR) is 82.9 cm³/mol. The molecule has 0 amide bonds. The van der Waals surface area contributed by atoms with E-state index in [0.29, 0.717) is 26.4 Å². The minimum atomic E-state index is -1.14. The highest BCUT2D eigenvalue weighted by Gasteiger charge is 2.51. The van der Waals surface area contributed by atoms with Gasteiger partial charge in [-0.2, -0.15) is 0 Å². The van der Waals surface area contributed by atoms with Gasteiger partial charge < -0.3 is 24.1 Å². The van der Waals surface area contributed by atoms with E-state index in [2.05, 4.69) is 0 Å². The molecule has 1 saturated heterocycles. The molecule has 1 aromatic carbocycles. The van der Waals surface area contributed by atoms with Gasteiger partial charge in [-0.3, -0.25) is 0 Å². The zero-order chi connectivity index (χ0) is 16.2. The number of ether oxygens (including phenoxy) is 4. The summed E-state index contributed by atoms with van der Waals surface area (Å²) < 4.78 is 22.5. The lowest BCUT2D eigenvalue weighted by Crippen LogP contribution is -2.48. The largest absolute Gasteiger partial charge is 0.491 e. The Balaban J connectivity index is 2.01. The highest BCUT2D eigenvalue weighted by Crippen LogP contribution is 2.41. The summed E-state index contributed by atoms with van der Waals surface area (Å²) in [7, 11) is 0. The summed E-state index contributed by atoms with van der Waals surface area (Å²) in [4.78, 5) is 0. The van der Waals surface area contributed by atoms with Crippen LogP contribution in [0.4, 0.5) is 0 Å². The Morgan fingerprint density at radius 1 is 1.14 bits per heavy atom. The average Bonchev–Trinajstić information content (AvgIpc) is 2.94. The summed E-state index contributed by atoms with van der Waals surface area (Å²) in [5, 5.41) is 10.4. The van der Waals surface area contributed by atoms with E-state index >= 15 is 0 Å². The number of hydrogen-bond acceptors (Lipinski definition) is 5. The van der Waals surface area contributed by atoms with E-state index in [9.17, 15) is 5.11 Å². The molecule has 22 heavy (non-hydrogen) atoms. The smallest absolute Gasteiger partial charge is 0.224 e. The quantitative estimate of drug-likeness (QED) is 0.784. The standard InChI is InChI=1S/C17H26O5/c1-13(2)19-9-10-20-15-7-5-14(6-8-15)17(16(3,4)18)21-11-12-22-17/h5-8,13,18H,9-12H2,1-4H3. The Bertz CT molecular complexity index is 455. The lowest BCUT2D eigenvalue weighted by atomic mass is 9.90. The van der Waals surface area contributed by atoms with Gasteiger partial charge in [0.05, 0.1) is 25.9 Å². The van der Waals surface area contributed by atoms with Gasteiger partial charge in [-0.25, -0.2) is 0 Å². The summed E-state index contributed by atoms with van der Waals surface area (Å²) >= 11 is 0. The maximum absolute atomic E-state index is 10.4. The molecule has 1 fully saturated rings. The number of hydrogen-bond donors (Lipinski definition) is 1. The monoisotopic (exact) mass is 310 g/mol. The van der Waals surface area contributed by atoms with Gasteiger partial charge in [-0.1, -0.05) is 0 Å². The van der Waals surface area contributed by atoms with E-state index in [1.54, 1.807) is 13.8 Å². The predicted octanol–water partition coefficient (Wildman–Crippen LogP) is 2.46. The second kappa shape index (κ2) is 6.96. The van der Waals surface area contributed by atoms with Crippen LogP contribution >= 0.6 is 0 Å². The molecule has 0 spiro atoms. The van der Waals surface area contributed by atoms with Crippen LogP contribution in [0.3, 0.4) is 0 Å². The van der Waals surface area contributed by atoms with Crippen LogP contribution < -0.4 is 4.74 Å². The normalized spacial score (nSPS) is 17.9. The van der Waals surface area contributed by atoms with Crippen molar-refractivity contribution in [3.8, 4) is 5.75 Å². The first-order chi connectivity index (χ1) is 10.3. The fraction of sp³-hybridized carbons (Fsp3) is 0.647. The molecule has 0 radical (unpaired) electrons. The van der Waals surface area contributed by atoms with Crippen LogP contribution in [0.1, 0.15) is 33.3 Å². The Morgan fingerprint density at radius 2 is 1.73 bits per heavy atom. The molecule has 0 saturated carbocycles. The first kappa shape index (κ1) is 17.2. The summed E-state index contributed by atoms with van der Waals surface area (Å²) in [5.74, 6) is -0.369. The van der Waals surface area contributed by atoms with Gasteiger partial charge in [0.25, 0.3) is 0 Å². The summed E-state index contributed by atoms with van der Waals surface area (Å²) in [6.45, 7) is 9.35. The first-order valence-corrected chi connectivity index (χ1v) is 7.70. The minimum Gasteiger partial charge on any atom is -0.491 e. The molecular weight excluding hydrogens is 284 g/mol. The van der Waals surface area contributed by atoms with E-state index in [1.807, 2.05) is 38.1 Å². The third-order valence-electron chi connectivity index (χ3n) is 3.54. The molecule has 2 rings (SSSR count). The van der Waals surface area contributed by atoms with Crippen molar-refractivity contribution in [2.75, 3.05) is 26.4 Å². The average molecular weight is 310 g/mol. The number of benzene rings is 1. The minimum absolute atomic E-state index is 0.203. The van der Waals surface area contributed by atoms with E-state index in [0.717, 1.165) is 11.3 Å². The van der Waals surface area contributed by atoms with Crippen molar-refractivity contribution in [2.45, 2.75) is 45.2 Å². The van der Waals surface area contributed by atoms with Crippen LogP contribution in [0.15, 0.2) is 24.3 Å². The maximum atomic E-state index is 10.4. The number of aliphatic hydroxyl groups is 1. The third kappa shape index (κ3) is 3.79. The van der Waals surface area contributed by atoms with Crippen molar-refractivity contribution < 1.29 is 24.1 Å². The Hall–Kier alpha value is -1.14. The SMILES string of the molecule is CC(C)OCCOc1ccc(C2(C(C)(C)O)OCCO2)cc1. The van der Waals surface area contributed by atoms with Gasteiger partial charge in [0.2, 0.25) is 5.79 Å². The second-order valence-electron chi connectivity index (χ2n) is 6.16. The molecule has 5 heteroatoms. The van der Waals surface area contributed by atoms with Crippen LogP contribution in [-0.4, -0.2) is 43.2 Å². The van der Waals surface area contributed by atoms with Crippen LogP contribution in [0.25, 0.3) is 0 Å². The highest BCUT2D eigenvalue weighted by atomic mass is 16.7. The van der Waals surface area contributed by atoms with Gasteiger partial charge in [-0.15, -0.1) is 0 Å². The molecule has 124 valence electrons. The van der Waals surface area contributed by atoms with Crippen molar-refractivity contribution in [3.05, 3.63) is 29.8 Å². The van der Waals surface area contributed by atoms with Crippen LogP contribution in [0.5, 0.6) is 5.75 Å². The lowest BCUT2D eigenvalue weighted by Gasteiger charge is -2.38. The van der Waals surface area contributed by atoms with Gasteiger partial charge in [0, 0.05) is 5.56 Å². The lowest BCUT2D eigenvalue weighted by molar-refractivity contribution is -0.266. The topological polar surface area (TPSA) is 57.2 Å². The molecule has 1 aromatic rings. The van der Waals surface area contributed by atoms with E-state index < -0.39 is 11.4 Å². The Morgan fingerprint density at radius 3 is 2.23 bits per heavy atom. The molecule has 1 aliphatic heterocycles.